The van der Waals surface area contributed by atoms with Crippen LogP contribution in [0.5, 0.6) is 0 Å². The standard InChI is InChI=1S/C22H26/c1-15-10-12-21(5,17(15)3)19-8-7-9-20(14-19)22(6)13-11-16(2)18(22)4/h7-14H,1-6H3. The average Bonchev–Trinajstić information content (AvgIpc) is 2.95. The highest BCUT2D eigenvalue weighted by Crippen LogP contribution is 2.44. The summed E-state index contributed by atoms with van der Waals surface area (Å²) in [5, 5.41) is 0. The van der Waals surface area contributed by atoms with Crippen LogP contribution in [-0.4, -0.2) is 0 Å². The van der Waals surface area contributed by atoms with Crippen molar-refractivity contribution >= 4 is 0 Å². The second kappa shape index (κ2) is 4.84. The summed E-state index contributed by atoms with van der Waals surface area (Å²) in [5.41, 5.74) is 8.56. The molecule has 0 bridgehead atoms. The van der Waals surface area contributed by atoms with Gasteiger partial charge < -0.3 is 0 Å². The molecule has 0 saturated carbocycles. The van der Waals surface area contributed by atoms with Gasteiger partial charge in [0.2, 0.25) is 0 Å². The first-order valence-electron chi connectivity index (χ1n) is 8.14. The third-order valence-corrected chi connectivity index (χ3v) is 6.14. The number of benzene rings is 1. The van der Waals surface area contributed by atoms with E-state index < -0.39 is 0 Å². The molecule has 0 aromatic heterocycles. The smallest absolute Gasteiger partial charge is 0.0319 e. The summed E-state index contributed by atoms with van der Waals surface area (Å²) in [4.78, 5) is 0. The molecule has 0 radical (unpaired) electrons. The molecule has 22 heavy (non-hydrogen) atoms. The van der Waals surface area contributed by atoms with Gasteiger partial charge in [-0.2, -0.15) is 0 Å². The maximum Gasteiger partial charge on any atom is 0.0319 e. The van der Waals surface area contributed by atoms with Crippen LogP contribution < -0.4 is 0 Å². The number of rotatable bonds is 2. The second-order valence-electron chi connectivity index (χ2n) is 7.27. The van der Waals surface area contributed by atoms with Crippen LogP contribution in [0.4, 0.5) is 0 Å². The third kappa shape index (κ3) is 1.97. The van der Waals surface area contributed by atoms with E-state index in [1.807, 2.05) is 0 Å². The second-order valence-corrected chi connectivity index (χ2v) is 7.27. The lowest BCUT2D eigenvalue weighted by molar-refractivity contribution is 0.687. The Bertz CT molecular complexity index is 693. The van der Waals surface area contributed by atoms with E-state index in [0.29, 0.717) is 0 Å². The van der Waals surface area contributed by atoms with E-state index in [9.17, 15) is 0 Å². The summed E-state index contributed by atoms with van der Waals surface area (Å²) < 4.78 is 0. The van der Waals surface area contributed by atoms with Crippen molar-refractivity contribution in [2.75, 3.05) is 0 Å². The molecule has 1 aromatic rings. The van der Waals surface area contributed by atoms with E-state index in [2.05, 4.69) is 90.1 Å². The highest BCUT2D eigenvalue weighted by molar-refractivity contribution is 5.55. The first kappa shape index (κ1) is 15.1. The van der Waals surface area contributed by atoms with Crippen LogP contribution in [-0.2, 0) is 10.8 Å². The molecule has 0 fully saturated rings. The fourth-order valence-corrected chi connectivity index (χ4v) is 3.69. The van der Waals surface area contributed by atoms with Gasteiger partial charge in [-0.1, -0.05) is 70.9 Å². The van der Waals surface area contributed by atoms with Crippen molar-refractivity contribution in [3.63, 3.8) is 0 Å². The Hall–Kier alpha value is -1.82. The van der Waals surface area contributed by atoms with E-state index in [-0.39, 0.29) is 10.8 Å². The molecule has 0 heterocycles. The van der Waals surface area contributed by atoms with Crippen LogP contribution in [0.15, 0.2) is 70.9 Å². The van der Waals surface area contributed by atoms with Gasteiger partial charge in [0.25, 0.3) is 0 Å². The molecular formula is C22H26. The van der Waals surface area contributed by atoms with Gasteiger partial charge in [0, 0.05) is 10.8 Å². The molecule has 2 aliphatic rings. The Morgan fingerprint density at radius 3 is 1.41 bits per heavy atom. The first-order chi connectivity index (χ1) is 10.3. The summed E-state index contributed by atoms with van der Waals surface area (Å²) in [6.45, 7) is 13.6. The van der Waals surface area contributed by atoms with Gasteiger partial charge in [-0.3, -0.25) is 0 Å². The Morgan fingerprint density at radius 1 is 0.682 bits per heavy atom. The molecule has 0 heteroatoms. The van der Waals surface area contributed by atoms with Gasteiger partial charge in [-0.05, 0) is 52.7 Å². The number of allylic oxidation sites excluding steroid dienone is 8. The number of hydrogen-bond donors (Lipinski definition) is 0. The van der Waals surface area contributed by atoms with Gasteiger partial charge >= 0.3 is 0 Å². The Balaban J connectivity index is 2.10. The quantitative estimate of drug-likeness (QED) is 0.625. The molecule has 3 rings (SSSR count). The van der Waals surface area contributed by atoms with Crippen LogP contribution >= 0.6 is 0 Å². The molecule has 1 aromatic carbocycles. The van der Waals surface area contributed by atoms with Gasteiger partial charge in [0.15, 0.2) is 0 Å². The minimum Gasteiger partial charge on any atom is -0.0699 e. The van der Waals surface area contributed by atoms with Crippen LogP contribution in [0.3, 0.4) is 0 Å². The number of hydrogen-bond acceptors (Lipinski definition) is 0. The monoisotopic (exact) mass is 290 g/mol. The zero-order valence-corrected chi connectivity index (χ0v) is 14.6. The molecule has 2 aliphatic carbocycles. The highest BCUT2D eigenvalue weighted by Gasteiger charge is 2.34. The van der Waals surface area contributed by atoms with Gasteiger partial charge in [0.05, 0.1) is 0 Å². The predicted octanol–water partition coefficient (Wildman–Crippen LogP) is 6.01. The molecule has 0 nitrogen and oxygen atoms in total. The van der Waals surface area contributed by atoms with E-state index in [0.717, 1.165) is 0 Å². The molecule has 0 N–H and O–H groups in total. The first-order valence-corrected chi connectivity index (χ1v) is 8.14. The van der Waals surface area contributed by atoms with Crippen LogP contribution in [0.25, 0.3) is 0 Å². The zero-order chi connectivity index (χ0) is 16.1. The third-order valence-electron chi connectivity index (χ3n) is 6.14. The van der Waals surface area contributed by atoms with Gasteiger partial charge in [-0.15, -0.1) is 0 Å². The summed E-state index contributed by atoms with van der Waals surface area (Å²) in [7, 11) is 0. The molecule has 0 spiro atoms. The SMILES string of the molecule is CC1=C(C)C(C)(c2cccc(C3(C)C=CC(C)=C3C)c2)C=C1. The van der Waals surface area contributed by atoms with Crippen molar-refractivity contribution in [1.82, 2.24) is 0 Å². The van der Waals surface area contributed by atoms with Crippen molar-refractivity contribution in [1.29, 1.82) is 0 Å². The van der Waals surface area contributed by atoms with Crippen molar-refractivity contribution in [2.24, 2.45) is 0 Å². The van der Waals surface area contributed by atoms with E-state index in [1.165, 1.54) is 33.4 Å². The van der Waals surface area contributed by atoms with Crippen molar-refractivity contribution in [3.8, 4) is 0 Å². The molecule has 0 aliphatic heterocycles. The lowest BCUT2D eigenvalue weighted by atomic mass is 9.73. The van der Waals surface area contributed by atoms with E-state index >= 15 is 0 Å². The molecule has 2 atom stereocenters. The van der Waals surface area contributed by atoms with Crippen molar-refractivity contribution in [2.45, 2.75) is 52.4 Å². The summed E-state index contributed by atoms with van der Waals surface area (Å²) in [5.74, 6) is 0. The van der Waals surface area contributed by atoms with Crippen molar-refractivity contribution in [3.05, 3.63) is 82.0 Å². The van der Waals surface area contributed by atoms with E-state index in [4.69, 9.17) is 0 Å². The lowest BCUT2D eigenvalue weighted by Gasteiger charge is -2.30. The fourth-order valence-electron chi connectivity index (χ4n) is 3.69. The zero-order valence-electron chi connectivity index (χ0n) is 14.6. The molecule has 114 valence electrons. The molecule has 2 unspecified atom stereocenters. The van der Waals surface area contributed by atoms with Crippen molar-refractivity contribution < 1.29 is 0 Å². The summed E-state index contributed by atoms with van der Waals surface area (Å²) in [6, 6.07) is 9.15. The van der Waals surface area contributed by atoms with E-state index in [1.54, 1.807) is 0 Å². The summed E-state index contributed by atoms with van der Waals surface area (Å²) >= 11 is 0. The molecule has 0 saturated heterocycles. The molecule has 0 amide bonds. The van der Waals surface area contributed by atoms with Crippen LogP contribution in [0.2, 0.25) is 0 Å². The summed E-state index contributed by atoms with van der Waals surface area (Å²) in [6.07, 6.45) is 9.21. The van der Waals surface area contributed by atoms with Gasteiger partial charge in [-0.25, -0.2) is 0 Å². The highest BCUT2D eigenvalue weighted by atomic mass is 14.4. The molecular weight excluding hydrogens is 264 g/mol. The average molecular weight is 290 g/mol. The van der Waals surface area contributed by atoms with Crippen LogP contribution in [0.1, 0.15) is 52.7 Å². The minimum atomic E-state index is 0.0332. The largest absolute Gasteiger partial charge is 0.0699 e. The van der Waals surface area contributed by atoms with Gasteiger partial charge in [0.1, 0.15) is 0 Å². The Kier molecular flexibility index (Phi) is 3.32. The normalized spacial score (nSPS) is 30.8. The maximum atomic E-state index is 2.40. The predicted molar refractivity (Wildman–Crippen MR) is 96.2 cm³/mol. The Labute approximate surface area is 135 Å². The minimum absolute atomic E-state index is 0.0332. The lowest BCUT2D eigenvalue weighted by Crippen LogP contribution is -2.22. The fraction of sp³-hybridized carbons (Fsp3) is 0.364. The Morgan fingerprint density at radius 2 is 1.09 bits per heavy atom. The van der Waals surface area contributed by atoms with Crippen LogP contribution in [0, 0.1) is 0 Å². The topological polar surface area (TPSA) is 0 Å². The maximum absolute atomic E-state index is 2.40.